The van der Waals surface area contributed by atoms with Crippen molar-refractivity contribution in [3.05, 3.63) is 0 Å². The topological polar surface area (TPSA) is 87.0 Å². The van der Waals surface area contributed by atoms with Crippen LogP contribution in [0.2, 0.25) is 0 Å². The first-order chi connectivity index (χ1) is 4.54. The third-order valence-corrected chi connectivity index (χ3v) is 1.47. The Kier molecular flexibility index (Phi) is 4.20. The maximum Gasteiger partial charge on any atom is 0.321 e. The minimum absolute atomic E-state index is 0.806. The van der Waals surface area contributed by atoms with Gasteiger partial charge in [-0.2, -0.15) is 0 Å². The largest absolute Gasteiger partial charge is 0.518 e. The number of aliphatic hydroxyl groups excluding tert-OH is 2. The molecule has 0 saturated heterocycles. The second-order valence-corrected chi connectivity index (χ2v) is 3.14. The van der Waals surface area contributed by atoms with E-state index in [2.05, 4.69) is 4.43 Å². The van der Waals surface area contributed by atoms with E-state index in [4.69, 9.17) is 15.3 Å². The van der Waals surface area contributed by atoms with Gasteiger partial charge < -0.3 is 19.7 Å². The lowest BCUT2D eigenvalue weighted by Gasteiger charge is -2.06. The highest BCUT2D eigenvalue weighted by molar-refractivity contribution is 6.31. The summed E-state index contributed by atoms with van der Waals surface area (Å²) < 4.78 is 4.31. The van der Waals surface area contributed by atoms with Crippen LogP contribution in [-0.4, -0.2) is 43.1 Å². The van der Waals surface area contributed by atoms with Crippen molar-refractivity contribution in [1.82, 2.24) is 0 Å². The zero-order valence-corrected chi connectivity index (χ0v) is 6.93. The molecule has 0 heterocycles. The molecule has 0 aliphatic heterocycles. The first kappa shape index (κ1) is 9.57. The van der Waals surface area contributed by atoms with E-state index in [-0.39, 0.29) is 0 Å². The molecule has 0 aromatic carbocycles. The summed E-state index contributed by atoms with van der Waals surface area (Å²) in [7, 11) is -1.64. The minimum atomic E-state index is -1.64. The Morgan fingerprint density at radius 3 is 2.30 bits per heavy atom. The second kappa shape index (κ2) is 4.39. The summed E-state index contributed by atoms with van der Waals surface area (Å²) in [5, 5.41) is 25.0. The van der Waals surface area contributed by atoms with Gasteiger partial charge in [-0.1, -0.05) is 0 Å². The van der Waals surface area contributed by atoms with E-state index in [0.717, 1.165) is 0 Å². The summed E-state index contributed by atoms with van der Waals surface area (Å²) in [5.41, 5.74) is 0. The van der Waals surface area contributed by atoms with Gasteiger partial charge in [0.1, 0.15) is 6.10 Å². The van der Waals surface area contributed by atoms with Crippen molar-refractivity contribution in [3.8, 4) is 0 Å². The average Bonchev–Trinajstić information content (AvgIpc) is 1.82. The zero-order valence-electron chi connectivity index (χ0n) is 5.52. The van der Waals surface area contributed by atoms with Crippen molar-refractivity contribution in [2.24, 2.45) is 0 Å². The lowest BCUT2D eigenvalue weighted by atomic mass is 10.4. The van der Waals surface area contributed by atoms with Crippen LogP contribution >= 0.6 is 0 Å². The number of hydrogen-bond donors (Lipinski definition) is 3. The molecule has 0 saturated carbocycles. The molecular weight excluding hydrogens is 156 g/mol. The van der Waals surface area contributed by atoms with Gasteiger partial charge in [-0.3, -0.25) is 4.79 Å². The molecule has 0 bridgehead atoms. The summed E-state index contributed by atoms with van der Waals surface area (Å²) in [6.07, 6.45) is -1.19. The minimum Gasteiger partial charge on any atom is -0.518 e. The molecule has 0 aliphatic rings. The fourth-order valence-electron chi connectivity index (χ4n) is 0.277. The van der Waals surface area contributed by atoms with Crippen molar-refractivity contribution in [2.45, 2.75) is 18.9 Å². The molecule has 0 aliphatic carbocycles. The standard InChI is InChI=1S/C4H10O5Si/c1-2(5)3(6)9-10-4(7)8/h2,4-5,7-8H,10H2,1H3. The normalized spacial score (nSPS) is 14.5. The van der Waals surface area contributed by atoms with Gasteiger partial charge in [0, 0.05) is 0 Å². The van der Waals surface area contributed by atoms with Gasteiger partial charge in [0.25, 0.3) is 9.76 Å². The quantitative estimate of drug-likeness (QED) is 0.313. The van der Waals surface area contributed by atoms with Gasteiger partial charge in [-0.15, -0.1) is 0 Å². The highest BCUT2D eigenvalue weighted by Gasteiger charge is 2.11. The summed E-state index contributed by atoms with van der Waals surface area (Å²) in [6, 6.07) is 0. The van der Waals surface area contributed by atoms with Crippen LogP contribution in [0.15, 0.2) is 0 Å². The van der Waals surface area contributed by atoms with Crippen LogP contribution in [0, 0.1) is 0 Å². The summed E-state index contributed by atoms with van der Waals surface area (Å²) in [4.78, 5) is 10.4. The lowest BCUT2D eigenvalue weighted by molar-refractivity contribution is -0.143. The highest BCUT2D eigenvalue weighted by atomic mass is 28.2. The van der Waals surface area contributed by atoms with E-state index in [1.165, 1.54) is 6.92 Å². The fourth-order valence-corrected chi connectivity index (χ4v) is 0.832. The molecule has 1 atom stereocenters. The molecule has 6 heteroatoms. The van der Waals surface area contributed by atoms with Crippen LogP contribution in [-0.2, 0) is 9.22 Å². The van der Waals surface area contributed by atoms with Crippen LogP contribution < -0.4 is 0 Å². The van der Waals surface area contributed by atoms with Crippen LogP contribution in [0.5, 0.6) is 0 Å². The number of carbonyl (C=O) groups excluding carboxylic acids is 1. The fraction of sp³-hybridized carbons (Fsp3) is 0.750. The molecule has 60 valence electrons. The molecule has 0 rings (SSSR count). The summed E-state index contributed by atoms with van der Waals surface area (Å²) in [5.74, 6) is -2.34. The third-order valence-electron chi connectivity index (χ3n) is 0.716. The second-order valence-electron chi connectivity index (χ2n) is 1.79. The van der Waals surface area contributed by atoms with Gasteiger partial charge in [0.05, 0.1) is 0 Å². The van der Waals surface area contributed by atoms with Gasteiger partial charge in [0.15, 0.2) is 5.91 Å². The molecule has 0 aromatic heterocycles. The van der Waals surface area contributed by atoms with E-state index < -0.39 is 27.7 Å². The van der Waals surface area contributed by atoms with Crippen LogP contribution in [0.25, 0.3) is 0 Å². The Bertz CT molecular complexity index is 112. The molecule has 0 amide bonds. The van der Waals surface area contributed by atoms with Gasteiger partial charge >= 0.3 is 5.97 Å². The highest BCUT2D eigenvalue weighted by Crippen LogP contribution is 1.85. The lowest BCUT2D eigenvalue weighted by Crippen LogP contribution is -2.27. The maximum absolute atomic E-state index is 10.4. The molecule has 0 radical (unpaired) electrons. The number of rotatable bonds is 3. The number of carbonyl (C=O) groups is 1. The monoisotopic (exact) mass is 166 g/mol. The molecule has 0 fully saturated rings. The molecule has 3 N–H and O–H groups in total. The van der Waals surface area contributed by atoms with Gasteiger partial charge in [-0.25, -0.2) is 0 Å². The van der Waals surface area contributed by atoms with E-state index in [1.54, 1.807) is 0 Å². The Morgan fingerprint density at radius 1 is 1.50 bits per heavy atom. The predicted molar refractivity (Wildman–Crippen MR) is 34.5 cm³/mol. The van der Waals surface area contributed by atoms with Gasteiger partial charge in [-0.05, 0) is 6.92 Å². The van der Waals surface area contributed by atoms with Crippen molar-refractivity contribution in [3.63, 3.8) is 0 Å². The average molecular weight is 166 g/mol. The predicted octanol–water partition coefficient (Wildman–Crippen LogP) is -2.74. The number of hydrogen-bond acceptors (Lipinski definition) is 5. The Balaban J connectivity index is 3.40. The molecule has 1 unspecified atom stereocenters. The van der Waals surface area contributed by atoms with E-state index in [0.29, 0.717) is 0 Å². The SMILES string of the molecule is CC(O)C(=O)O[SiH2]C(O)O. The van der Waals surface area contributed by atoms with E-state index in [1.807, 2.05) is 0 Å². The maximum atomic E-state index is 10.4. The van der Waals surface area contributed by atoms with E-state index >= 15 is 0 Å². The smallest absolute Gasteiger partial charge is 0.321 e. The number of aliphatic hydroxyl groups is 3. The zero-order chi connectivity index (χ0) is 8.15. The molecule has 5 nitrogen and oxygen atoms in total. The van der Waals surface area contributed by atoms with Crippen molar-refractivity contribution in [2.75, 3.05) is 0 Å². The Hall–Kier alpha value is -0.433. The van der Waals surface area contributed by atoms with Gasteiger partial charge in [0.2, 0.25) is 0 Å². The van der Waals surface area contributed by atoms with Crippen LogP contribution in [0.1, 0.15) is 6.92 Å². The summed E-state index contributed by atoms with van der Waals surface area (Å²) >= 11 is 0. The first-order valence-corrected chi connectivity index (χ1v) is 4.14. The molecule has 0 spiro atoms. The van der Waals surface area contributed by atoms with Crippen molar-refractivity contribution >= 4 is 15.7 Å². The van der Waals surface area contributed by atoms with Crippen molar-refractivity contribution < 1.29 is 24.5 Å². The van der Waals surface area contributed by atoms with Crippen LogP contribution in [0.4, 0.5) is 0 Å². The molecule has 10 heavy (non-hydrogen) atoms. The summed E-state index contributed by atoms with van der Waals surface area (Å²) in [6.45, 7) is 1.25. The molecular formula is C4H10O5Si. The Labute approximate surface area is 60.2 Å². The third kappa shape index (κ3) is 4.45. The molecule has 0 aromatic rings. The first-order valence-electron chi connectivity index (χ1n) is 2.75. The Morgan fingerprint density at radius 2 is 2.00 bits per heavy atom. The van der Waals surface area contributed by atoms with E-state index in [9.17, 15) is 4.79 Å². The van der Waals surface area contributed by atoms with Crippen molar-refractivity contribution in [1.29, 1.82) is 0 Å². The van der Waals surface area contributed by atoms with Crippen LogP contribution in [0.3, 0.4) is 0 Å².